The fourth-order valence-corrected chi connectivity index (χ4v) is 3.69. The number of nitrogens with zero attached hydrogens (tertiary/aromatic N) is 4. The smallest absolute Gasteiger partial charge is 0.225 e. The number of nitrogens with one attached hydrogen (secondary N) is 1. The molecule has 0 spiro atoms. The molecule has 2 fully saturated rings. The summed E-state index contributed by atoms with van der Waals surface area (Å²) in [6.45, 7) is 8.47. The summed E-state index contributed by atoms with van der Waals surface area (Å²) in [7, 11) is 1.97. The molecule has 23 heavy (non-hydrogen) atoms. The van der Waals surface area contributed by atoms with Crippen LogP contribution in [0.2, 0.25) is 0 Å². The molecule has 3 rings (SSSR count). The minimum absolute atomic E-state index is 0.124. The average molecular weight is 319 g/mol. The van der Waals surface area contributed by atoms with Crippen LogP contribution < -0.4 is 5.32 Å². The molecule has 2 atom stereocenters. The van der Waals surface area contributed by atoms with Crippen molar-refractivity contribution in [3.05, 3.63) is 18.0 Å². The van der Waals surface area contributed by atoms with Gasteiger partial charge in [-0.3, -0.25) is 9.48 Å². The quantitative estimate of drug-likeness (QED) is 0.781. The highest BCUT2D eigenvalue weighted by Gasteiger charge is 2.47. The summed E-state index contributed by atoms with van der Waals surface area (Å²) in [5.41, 5.74) is 1.14. The van der Waals surface area contributed by atoms with Gasteiger partial charge in [-0.1, -0.05) is 13.8 Å². The van der Waals surface area contributed by atoms with Crippen molar-refractivity contribution < 1.29 is 4.79 Å². The van der Waals surface area contributed by atoms with Crippen molar-refractivity contribution in [2.24, 2.45) is 7.05 Å². The molecule has 1 N–H and O–H groups in total. The van der Waals surface area contributed by atoms with Crippen LogP contribution in [0.5, 0.6) is 0 Å². The zero-order valence-corrected chi connectivity index (χ0v) is 14.5. The standard InChI is InChI=1S/C17H29N5O/c1-4-21(5-2)11-10-18-14-12-16(23)22(13-6-7-13)17(14)15-8-9-19-20(15)3/h8-9,13-14,17-18H,4-7,10-12H2,1-3H3/t14-,17-/m1/s1. The van der Waals surface area contributed by atoms with Gasteiger partial charge in [-0.05, 0) is 32.0 Å². The Hall–Kier alpha value is -1.40. The summed E-state index contributed by atoms with van der Waals surface area (Å²) in [4.78, 5) is 17.1. The van der Waals surface area contributed by atoms with E-state index in [9.17, 15) is 4.79 Å². The molecule has 0 unspecified atom stereocenters. The van der Waals surface area contributed by atoms with Crippen molar-refractivity contribution in [3.8, 4) is 0 Å². The van der Waals surface area contributed by atoms with E-state index in [-0.39, 0.29) is 12.1 Å². The summed E-state index contributed by atoms with van der Waals surface area (Å²) >= 11 is 0. The van der Waals surface area contributed by atoms with Crippen molar-refractivity contribution in [3.63, 3.8) is 0 Å². The van der Waals surface area contributed by atoms with Gasteiger partial charge in [0.25, 0.3) is 0 Å². The predicted octanol–water partition coefficient (Wildman–Crippen LogP) is 1.16. The van der Waals surface area contributed by atoms with Crippen LogP contribution in [-0.2, 0) is 11.8 Å². The highest BCUT2D eigenvalue weighted by molar-refractivity contribution is 5.81. The molecular formula is C17H29N5O. The highest BCUT2D eigenvalue weighted by atomic mass is 16.2. The number of carbonyl (C=O) groups excluding carboxylic acids is 1. The first-order valence-electron chi connectivity index (χ1n) is 8.90. The SMILES string of the molecule is CCN(CC)CCN[C@@H]1CC(=O)N(C2CC2)[C@H]1c1ccnn1C. The van der Waals surface area contributed by atoms with Crippen molar-refractivity contribution in [1.29, 1.82) is 0 Å². The van der Waals surface area contributed by atoms with Crippen LogP contribution in [0, 0.1) is 0 Å². The number of aryl methyl sites for hydroxylation is 1. The van der Waals surface area contributed by atoms with E-state index in [1.807, 2.05) is 17.9 Å². The van der Waals surface area contributed by atoms with E-state index in [2.05, 4.69) is 40.1 Å². The number of likely N-dealkylation sites (tertiary alicyclic amines) is 1. The molecule has 2 aliphatic rings. The van der Waals surface area contributed by atoms with Gasteiger partial charge in [0.15, 0.2) is 0 Å². The third-order valence-electron chi connectivity index (χ3n) is 5.19. The molecule has 1 aromatic heterocycles. The van der Waals surface area contributed by atoms with Gasteiger partial charge < -0.3 is 15.1 Å². The molecule has 128 valence electrons. The molecule has 0 bridgehead atoms. The zero-order chi connectivity index (χ0) is 16.4. The van der Waals surface area contributed by atoms with Gasteiger partial charge in [0.1, 0.15) is 0 Å². The largest absolute Gasteiger partial charge is 0.329 e. The third-order valence-corrected chi connectivity index (χ3v) is 5.19. The van der Waals surface area contributed by atoms with Gasteiger partial charge in [0.2, 0.25) is 5.91 Å². The Labute approximate surface area is 138 Å². The van der Waals surface area contributed by atoms with Crippen molar-refractivity contribution >= 4 is 5.91 Å². The molecule has 1 aliphatic carbocycles. The summed E-state index contributed by atoms with van der Waals surface area (Å²) in [5.74, 6) is 0.291. The minimum Gasteiger partial charge on any atom is -0.329 e. The molecule has 6 nitrogen and oxygen atoms in total. The summed E-state index contributed by atoms with van der Waals surface area (Å²) < 4.78 is 1.91. The molecule has 1 amide bonds. The summed E-state index contributed by atoms with van der Waals surface area (Å²) in [6, 6.07) is 2.81. The molecule has 0 radical (unpaired) electrons. The molecule has 1 aromatic rings. The van der Waals surface area contributed by atoms with Crippen molar-refractivity contribution in [1.82, 2.24) is 24.9 Å². The van der Waals surface area contributed by atoms with Gasteiger partial charge in [-0.15, -0.1) is 0 Å². The van der Waals surface area contributed by atoms with Crippen LogP contribution in [0.4, 0.5) is 0 Å². The maximum Gasteiger partial charge on any atom is 0.225 e. The Morgan fingerprint density at radius 1 is 1.35 bits per heavy atom. The van der Waals surface area contributed by atoms with Crippen LogP contribution in [0.15, 0.2) is 12.3 Å². The lowest BCUT2D eigenvalue weighted by molar-refractivity contribution is -0.129. The molecule has 2 heterocycles. The summed E-state index contributed by atoms with van der Waals surface area (Å²) in [6.07, 6.45) is 4.72. The Bertz CT molecular complexity index is 535. The topological polar surface area (TPSA) is 53.4 Å². The maximum atomic E-state index is 12.5. The van der Waals surface area contributed by atoms with Crippen molar-refractivity contribution in [2.45, 2.75) is 51.2 Å². The second-order valence-electron chi connectivity index (χ2n) is 6.65. The number of hydrogen-bond acceptors (Lipinski definition) is 4. The average Bonchev–Trinajstić information content (AvgIpc) is 3.21. The summed E-state index contributed by atoms with van der Waals surface area (Å²) in [5, 5.41) is 7.96. The van der Waals surface area contributed by atoms with E-state index in [0.717, 1.165) is 44.7 Å². The monoisotopic (exact) mass is 319 g/mol. The second-order valence-corrected chi connectivity index (χ2v) is 6.65. The van der Waals surface area contributed by atoms with Crippen LogP contribution >= 0.6 is 0 Å². The van der Waals surface area contributed by atoms with E-state index in [0.29, 0.717) is 18.4 Å². The number of carbonyl (C=O) groups is 1. The Morgan fingerprint density at radius 3 is 2.65 bits per heavy atom. The van der Waals surface area contributed by atoms with Crippen LogP contribution in [-0.4, -0.2) is 63.8 Å². The first-order valence-corrected chi connectivity index (χ1v) is 8.90. The highest BCUT2D eigenvalue weighted by Crippen LogP contribution is 2.41. The minimum atomic E-state index is 0.124. The Kier molecular flexibility index (Phi) is 5.02. The molecule has 1 saturated heterocycles. The van der Waals surface area contributed by atoms with E-state index in [1.54, 1.807) is 0 Å². The molecule has 0 aromatic carbocycles. The second kappa shape index (κ2) is 7.01. The number of hydrogen-bond donors (Lipinski definition) is 1. The molecule has 1 aliphatic heterocycles. The lowest BCUT2D eigenvalue weighted by Crippen LogP contribution is -2.41. The van der Waals surface area contributed by atoms with Crippen LogP contribution in [0.3, 0.4) is 0 Å². The van der Waals surface area contributed by atoms with Gasteiger partial charge in [-0.25, -0.2) is 0 Å². The van der Waals surface area contributed by atoms with Gasteiger partial charge in [0.05, 0.1) is 11.7 Å². The Balaban J connectivity index is 1.70. The first kappa shape index (κ1) is 16.5. The molecule has 1 saturated carbocycles. The van der Waals surface area contributed by atoms with Crippen LogP contribution in [0.1, 0.15) is 44.8 Å². The number of aromatic nitrogens is 2. The van der Waals surface area contributed by atoms with Crippen LogP contribution in [0.25, 0.3) is 0 Å². The Morgan fingerprint density at radius 2 is 2.09 bits per heavy atom. The predicted molar refractivity (Wildman–Crippen MR) is 90.0 cm³/mol. The van der Waals surface area contributed by atoms with Crippen molar-refractivity contribution in [2.75, 3.05) is 26.2 Å². The number of amides is 1. The normalized spacial score (nSPS) is 24.9. The third kappa shape index (κ3) is 3.43. The number of likely N-dealkylation sites (N-methyl/N-ethyl adjacent to an activating group) is 1. The van der Waals surface area contributed by atoms with E-state index in [1.165, 1.54) is 0 Å². The fourth-order valence-electron chi connectivity index (χ4n) is 3.69. The van der Waals surface area contributed by atoms with Gasteiger partial charge in [0, 0.05) is 44.8 Å². The van der Waals surface area contributed by atoms with E-state index < -0.39 is 0 Å². The zero-order valence-electron chi connectivity index (χ0n) is 14.5. The number of rotatable bonds is 8. The van der Waals surface area contributed by atoms with E-state index >= 15 is 0 Å². The van der Waals surface area contributed by atoms with E-state index in [4.69, 9.17) is 0 Å². The maximum absolute atomic E-state index is 12.5. The van der Waals surface area contributed by atoms with Gasteiger partial charge in [-0.2, -0.15) is 5.10 Å². The van der Waals surface area contributed by atoms with Gasteiger partial charge >= 0.3 is 0 Å². The molecule has 6 heteroatoms. The lowest BCUT2D eigenvalue weighted by Gasteiger charge is -2.29. The lowest BCUT2D eigenvalue weighted by atomic mass is 10.1. The molecular weight excluding hydrogens is 290 g/mol. The fraction of sp³-hybridized carbons (Fsp3) is 0.765. The first-order chi connectivity index (χ1) is 11.2.